The van der Waals surface area contributed by atoms with Crippen LogP contribution in [0, 0.1) is 11.7 Å². The summed E-state index contributed by atoms with van der Waals surface area (Å²) in [5, 5.41) is 6.37. The summed E-state index contributed by atoms with van der Waals surface area (Å²) in [5.41, 5.74) is 0.467. The van der Waals surface area contributed by atoms with E-state index in [2.05, 4.69) is 10.2 Å². The second kappa shape index (κ2) is 6.16. The van der Waals surface area contributed by atoms with Crippen LogP contribution in [0.5, 0.6) is 0 Å². The topological polar surface area (TPSA) is 71.0 Å². The molecule has 0 radical (unpaired) electrons. The molecule has 1 atom stereocenters. The minimum Gasteiger partial charge on any atom is -0.341 e. The summed E-state index contributed by atoms with van der Waals surface area (Å²) in [7, 11) is 1.69. The predicted molar refractivity (Wildman–Crippen MR) is 82.5 cm³/mol. The lowest BCUT2D eigenvalue weighted by molar-refractivity contribution is -0.135. The average molecular weight is 339 g/mol. The highest BCUT2D eigenvalue weighted by Crippen LogP contribution is 2.21. The van der Waals surface area contributed by atoms with E-state index in [4.69, 9.17) is 11.6 Å². The lowest BCUT2D eigenvalue weighted by Crippen LogP contribution is -2.39. The van der Waals surface area contributed by atoms with Crippen LogP contribution in [0.4, 0.5) is 4.39 Å². The first-order valence-electron chi connectivity index (χ1n) is 7.28. The minimum atomic E-state index is -0.483. The average Bonchev–Trinajstić information content (AvgIpc) is 2.91. The van der Waals surface area contributed by atoms with E-state index in [1.54, 1.807) is 18.0 Å². The number of halogens is 2. The molecule has 0 bridgehead atoms. The van der Waals surface area contributed by atoms with Crippen LogP contribution in [0.25, 0.3) is 0 Å². The van der Waals surface area contributed by atoms with E-state index in [0.29, 0.717) is 31.8 Å². The van der Waals surface area contributed by atoms with Gasteiger partial charge in [0.15, 0.2) is 0 Å². The minimum absolute atomic E-state index is 0.0376. The maximum absolute atomic E-state index is 13.2. The van der Waals surface area contributed by atoms with Crippen LogP contribution in [0.15, 0.2) is 23.0 Å². The van der Waals surface area contributed by atoms with Crippen molar-refractivity contribution in [3.63, 3.8) is 0 Å². The van der Waals surface area contributed by atoms with Crippen LogP contribution in [0.3, 0.4) is 0 Å². The smallest absolute Gasteiger partial charge is 0.341 e. The van der Waals surface area contributed by atoms with Gasteiger partial charge in [0, 0.05) is 26.6 Å². The van der Waals surface area contributed by atoms with E-state index in [0.717, 1.165) is 5.56 Å². The molecule has 2 aromatic rings. The standard InChI is InChI=1S/C15H16ClFN4O2/c1-20(7-9-2-4-12(17)11(16)6-9)14(22)10-3-5-13-18-19-15(23)21(13)8-10/h2,4,6,10H,3,5,7-8H2,1H3,(H,19,23). The Bertz CT molecular complexity index is 801. The Morgan fingerprint density at radius 1 is 1.57 bits per heavy atom. The molecule has 1 unspecified atom stereocenters. The van der Waals surface area contributed by atoms with Gasteiger partial charge in [-0.1, -0.05) is 17.7 Å². The number of hydrogen-bond donors (Lipinski definition) is 1. The maximum atomic E-state index is 13.2. The van der Waals surface area contributed by atoms with Gasteiger partial charge in [-0.3, -0.25) is 9.36 Å². The molecule has 1 N–H and O–H groups in total. The fourth-order valence-electron chi connectivity index (χ4n) is 2.85. The number of fused-ring (bicyclic) bond motifs is 1. The lowest BCUT2D eigenvalue weighted by Gasteiger charge is -2.26. The van der Waals surface area contributed by atoms with E-state index < -0.39 is 5.82 Å². The van der Waals surface area contributed by atoms with Gasteiger partial charge >= 0.3 is 5.69 Å². The van der Waals surface area contributed by atoms with Gasteiger partial charge in [0.2, 0.25) is 5.91 Å². The zero-order valence-electron chi connectivity index (χ0n) is 12.6. The van der Waals surface area contributed by atoms with Crippen LogP contribution in [-0.4, -0.2) is 32.6 Å². The lowest BCUT2D eigenvalue weighted by atomic mass is 9.98. The van der Waals surface area contributed by atoms with Gasteiger partial charge < -0.3 is 4.90 Å². The predicted octanol–water partition coefficient (Wildman–Crippen LogP) is 1.58. The molecule has 0 fully saturated rings. The number of nitrogens with zero attached hydrogens (tertiary/aromatic N) is 3. The Balaban J connectivity index is 1.69. The van der Waals surface area contributed by atoms with Crippen molar-refractivity contribution < 1.29 is 9.18 Å². The largest absolute Gasteiger partial charge is 0.343 e. The second-order valence-corrected chi connectivity index (χ2v) is 6.14. The van der Waals surface area contributed by atoms with E-state index in [9.17, 15) is 14.0 Å². The van der Waals surface area contributed by atoms with Crippen molar-refractivity contribution >= 4 is 17.5 Å². The number of aryl methyl sites for hydroxylation is 1. The van der Waals surface area contributed by atoms with Gasteiger partial charge in [-0.05, 0) is 24.1 Å². The van der Waals surface area contributed by atoms with Crippen LogP contribution >= 0.6 is 11.6 Å². The Kier molecular flexibility index (Phi) is 4.21. The van der Waals surface area contributed by atoms with Crippen molar-refractivity contribution in [2.75, 3.05) is 7.05 Å². The zero-order valence-corrected chi connectivity index (χ0v) is 13.3. The van der Waals surface area contributed by atoms with E-state index in [1.807, 2.05) is 0 Å². The summed E-state index contributed by atoms with van der Waals surface area (Å²) in [6, 6.07) is 4.40. The maximum Gasteiger partial charge on any atom is 0.343 e. The fourth-order valence-corrected chi connectivity index (χ4v) is 3.05. The molecule has 6 nitrogen and oxygen atoms in total. The summed E-state index contributed by atoms with van der Waals surface area (Å²) in [6.45, 7) is 0.667. The SMILES string of the molecule is CN(Cc1ccc(F)c(Cl)c1)C(=O)C1CCc2n[nH]c(=O)n2C1. The summed E-state index contributed by atoms with van der Waals surface area (Å²) in [5.74, 6) is -0.113. The van der Waals surface area contributed by atoms with Crippen LogP contribution in [0.1, 0.15) is 17.8 Å². The highest BCUT2D eigenvalue weighted by atomic mass is 35.5. The Morgan fingerprint density at radius 2 is 2.35 bits per heavy atom. The van der Waals surface area contributed by atoms with Gasteiger partial charge in [0.05, 0.1) is 10.9 Å². The molecule has 1 aliphatic rings. The molecule has 0 aliphatic carbocycles. The van der Waals surface area contributed by atoms with Crippen LogP contribution in [0.2, 0.25) is 5.02 Å². The van der Waals surface area contributed by atoms with Crippen molar-refractivity contribution in [2.45, 2.75) is 25.9 Å². The summed E-state index contributed by atoms with van der Waals surface area (Å²) in [6.07, 6.45) is 1.24. The number of carbonyl (C=O) groups is 1. The number of H-pyrrole nitrogens is 1. The number of aromatic nitrogens is 3. The molecule has 1 aromatic heterocycles. The first-order chi connectivity index (χ1) is 11.0. The molecule has 2 heterocycles. The third-order valence-electron chi connectivity index (χ3n) is 4.09. The Labute approximate surface area is 136 Å². The van der Waals surface area contributed by atoms with Gasteiger partial charge in [0.25, 0.3) is 0 Å². The quantitative estimate of drug-likeness (QED) is 0.923. The monoisotopic (exact) mass is 338 g/mol. The number of amides is 1. The third kappa shape index (κ3) is 3.14. The molecule has 0 spiro atoms. The molecule has 0 saturated heterocycles. The number of nitrogens with one attached hydrogen (secondary N) is 1. The van der Waals surface area contributed by atoms with Crippen molar-refractivity contribution in [2.24, 2.45) is 5.92 Å². The van der Waals surface area contributed by atoms with Gasteiger partial charge in [-0.25, -0.2) is 14.3 Å². The molecule has 1 aromatic carbocycles. The molecule has 23 heavy (non-hydrogen) atoms. The zero-order chi connectivity index (χ0) is 16.6. The molecule has 1 aliphatic heterocycles. The number of benzene rings is 1. The molecular formula is C15H16ClFN4O2. The molecule has 3 rings (SSSR count). The van der Waals surface area contributed by atoms with Crippen molar-refractivity contribution in [3.8, 4) is 0 Å². The summed E-state index contributed by atoms with van der Waals surface area (Å²) < 4.78 is 14.7. The van der Waals surface area contributed by atoms with Crippen LogP contribution < -0.4 is 5.69 Å². The summed E-state index contributed by atoms with van der Waals surface area (Å²) >= 11 is 5.76. The van der Waals surface area contributed by atoms with Gasteiger partial charge in [-0.15, -0.1) is 0 Å². The van der Waals surface area contributed by atoms with Crippen molar-refractivity contribution in [3.05, 3.63) is 50.9 Å². The Morgan fingerprint density at radius 3 is 3.09 bits per heavy atom. The van der Waals surface area contributed by atoms with Gasteiger partial charge in [0.1, 0.15) is 11.6 Å². The van der Waals surface area contributed by atoms with E-state index >= 15 is 0 Å². The summed E-state index contributed by atoms with van der Waals surface area (Å²) in [4.78, 5) is 25.8. The normalized spacial score (nSPS) is 16.9. The molecule has 1 amide bonds. The molecule has 122 valence electrons. The first kappa shape index (κ1) is 15.7. The number of aromatic amines is 1. The van der Waals surface area contributed by atoms with Crippen molar-refractivity contribution in [1.29, 1.82) is 0 Å². The number of hydrogen-bond acceptors (Lipinski definition) is 3. The molecule has 8 heteroatoms. The second-order valence-electron chi connectivity index (χ2n) is 5.73. The van der Waals surface area contributed by atoms with E-state index in [1.165, 1.54) is 16.7 Å². The third-order valence-corrected chi connectivity index (χ3v) is 4.38. The highest BCUT2D eigenvalue weighted by molar-refractivity contribution is 6.30. The highest BCUT2D eigenvalue weighted by Gasteiger charge is 2.28. The van der Waals surface area contributed by atoms with Crippen LogP contribution in [-0.2, 0) is 24.3 Å². The Hall–Kier alpha value is -2.15. The molecule has 0 saturated carbocycles. The van der Waals surface area contributed by atoms with Crippen molar-refractivity contribution in [1.82, 2.24) is 19.7 Å². The fraction of sp³-hybridized carbons (Fsp3) is 0.400. The first-order valence-corrected chi connectivity index (χ1v) is 7.66. The number of rotatable bonds is 3. The van der Waals surface area contributed by atoms with Gasteiger partial charge in [-0.2, -0.15) is 5.10 Å². The number of carbonyl (C=O) groups excluding carboxylic acids is 1. The van der Waals surface area contributed by atoms with E-state index in [-0.39, 0.29) is 22.5 Å². The molecular weight excluding hydrogens is 323 g/mol.